The van der Waals surface area contributed by atoms with E-state index in [1.54, 1.807) is 0 Å². The molecule has 1 fully saturated rings. The van der Waals surface area contributed by atoms with Gasteiger partial charge < -0.3 is 10.6 Å². The quantitative estimate of drug-likeness (QED) is 0.617. The minimum Gasteiger partial charge on any atom is -0.357 e. The van der Waals surface area contributed by atoms with Gasteiger partial charge in [0.25, 0.3) is 0 Å². The van der Waals surface area contributed by atoms with Gasteiger partial charge >= 0.3 is 0 Å². The van der Waals surface area contributed by atoms with Crippen LogP contribution in [0, 0.1) is 5.92 Å². The van der Waals surface area contributed by atoms with E-state index in [1.807, 2.05) is 24.0 Å². The molecule has 1 aliphatic rings. The van der Waals surface area contributed by atoms with Crippen LogP contribution < -0.4 is 10.6 Å². The number of aryl methyl sites for hydroxylation is 1. The molecule has 0 aliphatic carbocycles. The van der Waals surface area contributed by atoms with Gasteiger partial charge in [0.15, 0.2) is 5.96 Å². The summed E-state index contributed by atoms with van der Waals surface area (Å²) in [5.74, 6) is 1.76. The van der Waals surface area contributed by atoms with Crippen LogP contribution in [0.1, 0.15) is 39.3 Å². The number of aromatic nitrogens is 2. The molecule has 0 aromatic carbocycles. The summed E-state index contributed by atoms with van der Waals surface area (Å²) >= 11 is 0. The molecule has 0 amide bonds. The summed E-state index contributed by atoms with van der Waals surface area (Å²) in [7, 11) is 1.95. The maximum absolute atomic E-state index is 4.66. The van der Waals surface area contributed by atoms with Gasteiger partial charge in [0.05, 0.1) is 12.2 Å². The summed E-state index contributed by atoms with van der Waals surface area (Å²) in [6.45, 7) is 11.6. The number of likely N-dealkylation sites (tertiary alicyclic amines) is 1. The fraction of sp³-hybridized carbons (Fsp3) is 0.765. The molecule has 0 saturated carbocycles. The first kappa shape index (κ1) is 17.8. The van der Waals surface area contributed by atoms with Crippen molar-refractivity contribution in [2.45, 2.75) is 46.2 Å². The van der Waals surface area contributed by atoms with Crippen LogP contribution >= 0.6 is 0 Å². The summed E-state index contributed by atoms with van der Waals surface area (Å²) in [6.07, 6.45) is 4.45. The number of nitrogens with zero attached hydrogens (tertiary/aromatic N) is 4. The third kappa shape index (κ3) is 5.53. The molecule has 1 aromatic heterocycles. The van der Waals surface area contributed by atoms with E-state index in [0.717, 1.165) is 30.7 Å². The van der Waals surface area contributed by atoms with Crippen LogP contribution in [0.15, 0.2) is 17.3 Å². The van der Waals surface area contributed by atoms with E-state index in [1.165, 1.54) is 25.9 Å². The fourth-order valence-electron chi connectivity index (χ4n) is 2.90. The molecule has 6 heteroatoms. The second kappa shape index (κ2) is 8.91. The first-order valence-corrected chi connectivity index (χ1v) is 8.83. The lowest BCUT2D eigenvalue weighted by Gasteiger charge is -2.35. The van der Waals surface area contributed by atoms with Crippen LogP contribution in [-0.4, -0.2) is 52.9 Å². The molecule has 0 spiro atoms. The van der Waals surface area contributed by atoms with Gasteiger partial charge in [-0.15, -0.1) is 0 Å². The van der Waals surface area contributed by atoms with Crippen LogP contribution in [0.5, 0.6) is 0 Å². The van der Waals surface area contributed by atoms with Crippen molar-refractivity contribution in [2.75, 3.05) is 26.2 Å². The molecular formula is C17H32N6. The predicted molar refractivity (Wildman–Crippen MR) is 95.5 cm³/mol. The summed E-state index contributed by atoms with van der Waals surface area (Å²) in [6, 6.07) is 2.54. The molecule has 0 bridgehead atoms. The molecule has 1 atom stereocenters. The van der Waals surface area contributed by atoms with Gasteiger partial charge in [-0.2, -0.15) is 5.10 Å². The summed E-state index contributed by atoms with van der Waals surface area (Å²) in [5, 5.41) is 11.0. The van der Waals surface area contributed by atoms with Gasteiger partial charge in [0.1, 0.15) is 0 Å². The minimum atomic E-state index is 0.531. The van der Waals surface area contributed by atoms with Crippen molar-refractivity contribution in [1.82, 2.24) is 25.3 Å². The second-order valence-electron chi connectivity index (χ2n) is 6.59. The molecular weight excluding hydrogens is 288 g/mol. The Morgan fingerprint density at radius 3 is 2.74 bits per heavy atom. The Balaban J connectivity index is 1.82. The maximum atomic E-state index is 4.66. The number of hydrogen-bond donors (Lipinski definition) is 2. The van der Waals surface area contributed by atoms with Crippen molar-refractivity contribution < 1.29 is 0 Å². The van der Waals surface area contributed by atoms with Gasteiger partial charge in [0, 0.05) is 32.4 Å². The van der Waals surface area contributed by atoms with Crippen LogP contribution in [0.4, 0.5) is 0 Å². The van der Waals surface area contributed by atoms with Crippen LogP contribution in [-0.2, 0) is 13.6 Å². The molecule has 2 rings (SSSR count). The van der Waals surface area contributed by atoms with E-state index >= 15 is 0 Å². The first-order valence-electron chi connectivity index (χ1n) is 8.83. The minimum absolute atomic E-state index is 0.531. The summed E-state index contributed by atoms with van der Waals surface area (Å²) in [5.41, 5.74) is 1.11. The third-order valence-electron chi connectivity index (χ3n) is 4.67. The average molecular weight is 320 g/mol. The second-order valence-corrected chi connectivity index (χ2v) is 6.59. The first-order chi connectivity index (χ1) is 11.1. The van der Waals surface area contributed by atoms with Crippen LogP contribution in [0.3, 0.4) is 0 Å². The molecule has 6 nitrogen and oxygen atoms in total. The highest BCUT2D eigenvalue weighted by Crippen LogP contribution is 2.17. The molecule has 23 heavy (non-hydrogen) atoms. The zero-order chi connectivity index (χ0) is 16.7. The van der Waals surface area contributed by atoms with E-state index in [2.05, 4.69) is 46.4 Å². The lowest BCUT2D eigenvalue weighted by atomic mass is 9.98. The number of rotatable bonds is 6. The van der Waals surface area contributed by atoms with Crippen molar-refractivity contribution in [3.05, 3.63) is 18.0 Å². The Morgan fingerprint density at radius 2 is 2.13 bits per heavy atom. The lowest BCUT2D eigenvalue weighted by Crippen LogP contribution is -2.48. The highest BCUT2D eigenvalue weighted by molar-refractivity contribution is 5.79. The Bertz CT molecular complexity index is 487. The van der Waals surface area contributed by atoms with Crippen molar-refractivity contribution in [3.63, 3.8) is 0 Å². The van der Waals surface area contributed by atoms with Gasteiger partial charge in [-0.05, 0) is 51.8 Å². The smallest absolute Gasteiger partial charge is 0.191 e. The lowest BCUT2D eigenvalue weighted by molar-refractivity contribution is 0.147. The summed E-state index contributed by atoms with van der Waals surface area (Å²) in [4.78, 5) is 7.24. The van der Waals surface area contributed by atoms with Crippen molar-refractivity contribution in [1.29, 1.82) is 0 Å². The van der Waals surface area contributed by atoms with E-state index in [0.29, 0.717) is 12.6 Å². The molecule has 1 aromatic rings. The fourth-order valence-corrected chi connectivity index (χ4v) is 2.90. The molecule has 0 radical (unpaired) electrons. The zero-order valence-corrected chi connectivity index (χ0v) is 15.0. The SMILES string of the molecule is CCNC(=NCc1ccnn1C)NCC(C)N1CCC(C)CC1. The predicted octanol–water partition coefficient (Wildman–Crippen LogP) is 1.60. The third-order valence-corrected chi connectivity index (χ3v) is 4.67. The number of hydrogen-bond acceptors (Lipinski definition) is 3. The molecule has 1 saturated heterocycles. The molecule has 1 aliphatic heterocycles. The molecule has 2 heterocycles. The van der Waals surface area contributed by atoms with E-state index in [4.69, 9.17) is 0 Å². The van der Waals surface area contributed by atoms with Crippen molar-refractivity contribution >= 4 is 5.96 Å². The monoisotopic (exact) mass is 320 g/mol. The highest BCUT2D eigenvalue weighted by Gasteiger charge is 2.20. The Labute approximate surface area is 140 Å². The number of aliphatic imine (C=N–C) groups is 1. The Kier molecular flexibility index (Phi) is 6.89. The average Bonchev–Trinajstić information content (AvgIpc) is 2.95. The maximum Gasteiger partial charge on any atom is 0.191 e. The Hall–Kier alpha value is -1.56. The van der Waals surface area contributed by atoms with Gasteiger partial charge in [-0.1, -0.05) is 6.92 Å². The zero-order valence-electron chi connectivity index (χ0n) is 15.0. The van der Waals surface area contributed by atoms with Gasteiger partial charge in [0.2, 0.25) is 0 Å². The normalized spacial score (nSPS) is 18.9. The van der Waals surface area contributed by atoms with Crippen molar-refractivity contribution in [2.24, 2.45) is 18.0 Å². The summed E-state index contributed by atoms with van der Waals surface area (Å²) < 4.78 is 1.87. The highest BCUT2D eigenvalue weighted by atomic mass is 15.3. The molecule has 2 N–H and O–H groups in total. The number of nitrogens with one attached hydrogen (secondary N) is 2. The largest absolute Gasteiger partial charge is 0.357 e. The number of piperidine rings is 1. The van der Waals surface area contributed by atoms with Gasteiger partial charge in [-0.3, -0.25) is 9.58 Å². The van der Waals surface area contributed by atoms with Crippen LogP contribution in [0.25, 0.3) is 0 Å². The van der Waals surface area contributed by atoms with E-state index in [9.17, 15) is 0 Å². The van der Waals surface area contributed by atoms with E-state index in [-0.39, 0.29) is 0 Å². The standard InChI is InChI=1S/C17H32N6/c1-5-18-17(20-13-16-6-9-21-22(16)4)19-12-15(3)23-10-7-14(2)8-11-23/h6,9,14-15H,5,7-8,10-13H2,1-4H3,(H2,18,19,20). The molecule has 1 unspecified atom stereocenters. The van der Waals surface area contributed by atoms with Crippen molar-refractivity contribution in [3.8, 4) is 0 Å². The number of guanidine groups is 1. The van der Waals surface area contributed by atoms with Crippen LogP contribution in [0.2, 0.25) is 0 Å². The van der Waals surface area contributed by atoms with Gasteiger partial charge in [-0.25, -0.2) is 4.99 Å². The molecule has 130 valence electrons. The Morgan fingerprint density at radius 1 is 1.39 bits per heavy atom. The topological polar surface area (TPSA) is 57.5 Å². The van der Waals surface area contributed by atoms with E-state index < -0.39 is 0 Å².